The lowest BCUT2D eigenvalue weighted by Crippen LogP contribution is -2.23. The van der Waals surface area contributed by atoms with E-state index in [1.165, 1.54) is 10.4 Å². The standard InChI is InChI=1S/C17H17NO3S/c1-12-7-8-22-16(12)10-18(2)17(19)6-4-13-3-5-14-15(9-13)21-11-20-14/h3-9H,10-11H2,1-2H3/b6-4+. The lowest BCUT2D eigenvalue weighted by Gasteiger charge is -2.14. The summed E-state index contributed by atoms with van der Waals surface area (Å²) in [6, 6.07) is 7.70. The van der Waals surface area contributed by atoms with Crippen molar-refractivity contribution in [3.8, 4) is 11.5 Å². The Balaban J connectivity index is 1.64. The number of likely N-dealkylation sites (N-methyl/N-ethyl adjacent to an activating group) is 1. The number of fused-ring (bicyclic) bond motifs is 1. The third-order valence-corrected chi connectivity index (χ3v) is 4.55. The maximum absolute atomic E-state index is 12.2. The average molecular weight is 315 g/mol. The van der Waals surface area contributed by atoms with Crippen LogP contribution in [-0.4, -0.2) is 24.6 Å². The van der Waals surface area contributed by atoms with Crippen molar-refractivity contribution in [1.82, 2.24) is 4.90 Å². The number of amides is 1. The van der Waals surface area contributed by atoms with Gasteiger partial charge in [-0.1, -0.05) is 6.07 Å². The van der Waals surface area contributed by atoms with Gasteiger partial charge in [-0.3, -0.25) is 4.79 Å². The fraction of sp³-hybridized carbons (Fsp3) is 0.235. The molecular formula is C17H17NO3S. The third-order valence-electron chi connectivity index (χ3n) is 3.54. The molecular weight excluding hydrogens is 298 g/mol. The second-order valence-electron chi connectivity index (χ2n) is 5.17. The first kappa shape index (κ1) is 14.7. The van der Waals surface area contributed by atoms with E-state index in [9.17, 15) is 4.79 Å². The van der Waals surface area contributed by atoms with Gasteiger partial charge in [-0.2, -0.15) is 0 Å². The van der Waals surface area contributed by atoms with E-state index in [1.807, 2.05) is 30.6 Å². The van der Waals surface area contributed by atoms with Gasteiger partial charge in [-0.15, -0.1) is 11.3 Å². The normalized spacial score (nSPS) is 12.8. The summed E-state index contributed by atoms with van der Waals surface area (Å²) in [7, 11) is 1.81. The Labute approximate surface area is 133 Å². The molecule has 0 aliphatic carbocycles. The fourth-order valence-corrected chi connectivity index (χ4v) is 3.13. The van der Waals surface area contributed by atoms with E-state index >= 15 is 0 Å². The van der Waals surface area contributed by atoms with Crippen LogP contribution in [0, 0.1) is 6.92 Å². The number of carbonyl (C=O) groups is 1. The zero-order valence-corrected chi connectivity index (χ0v) is 13.4. The van der Waals surface area contributed by atoms with E-state index in [0.29, 0.717) is 6.54 Å². The molecule has 0 fully saturated rings. The molecule has 0 N–H and O–H groups in total. The summed E-state index contributed by atoms with van der Waals surface area (Å²) >= 11 is 1.67. The molecule has 1 aliphatic rings. The van der Waals surface area contributed by atoms with Crippen LogP contribution in [0.1, 0.15) is 16.0 Å². The molecule has 1 amide bonds. The van der Waals surface area contributed by atoms with Crippen molar-refractivity contribution < 1.29 is 14.3 Å². The number of aryl methyl sites for hydroxylation is 1. The van der Waals surface area contributed by atoms with Gasteiger partial charge in [0, 0.05) is 18.0 Å². The highest BCUT2D eigenvalue weighted by molar-refractivity contribution is 7.10. The molecule has 0 saturated heterocycles. The Morgan fingerprint density at radius 2 is 2.14 bits per heavy atom. The third kappa shape index (κ3) is 3.14. The minimum absolute atomic E-state index is 0.0227. The molecule has 1 aromatic heterocycles. The van der Waals surface area contributed by atoms with E-state index in [4.69, 9.17) is 9.47 Å². The lowest BCUT2D eigenvalue weighted by atomic mass is 10.2. The average Bonchev–Trinajstić information content (AvgIpc) is 3.13. The highest BCUT2D eigenvalue weighted by atomic mass is 32.1. The van der Waals surface area contributed by atoms with E-state index in [1.54, 1.807) is 28.4 Å². The number of hydrogen-bond donors (Lipinski definition) is 0. The number of nitrogens with zero attached hydrogens (tertiary/aromatic N) is 1. The number of benzene rings is 1. The first-order valence-corrected chi connectivity index (χ1v) is 7.87. The van der Waals surface area contributed by atoms with Gasteiger partial charge in [0.1, 0.15) is 0 Å². The summed E-state index contributed by atoms with van der Waals surface area (Å²) < 4.78 is 10.6. The highest BCUT2D eigenvalue weighted by Crippen LogP contribution is 2.32. The van der Waals surface area contributed by atoms with Crippen molar-refractivity contribution in [2.45, 2.75) is 13.5 Å². The van der Waals surface area contributed by atoms with Crippen molar-refractivity contribution in [3.05, 3.63) is 51.7 Å². The van der Waals surface area contributed by atoms with E-state index < -0.39 is 0 Å². The molecule has 4 nitrogen and oxygen atoms in total. The first-order valence-electron chi connectivity index (χ1n) is 6.99. The van der Waals surface area contributed by atoms with Crippen LogP contribution < -0.4 is 9.47 Å². The Hall–Kier alpha value is -2.27. The molecule has 22 heavy (non-hydrogen) atoms. The Morgan fingerprint density at radius 1 is 1.32 bits per heavy atom. The summed E-state index contributed by atoms with van der Waals surface area (Å²) in [5.41, 5.74) is 2.14. The van der Waals surface area contributed by atoms with Crippen molar-refractivity contribution >= 4 is 23.3 Å². The number of thiophene rings is 1. The minimum Gasteiger partial charge on any atom is -0.454 e. The molecule has 0 unspecified atom stereocenters. The molecule has 114 valence electrons. The highest BCUT2D eigenvalue weighted by Gasteiger charge is 2.13. The lowest BCUT2D eigenvalue weighted by molar-refractivity contribution is -0.125. The molecule has 0 atom stereocenters. The van der Waals surface area contributed by atoms with Crippen LogP contribution in [0.4, 0.5) is 0 Å². The van der Waals surface area contributed by atoms with Crippen LogP contribution in [0.25, 0.3) is 6.08 Å². The Morgan fingerprint density at radius 3 is 2.91 bits per heavy atom. The summed E-state index contributed by atoms with van der Waals surface area (Å²) in [6.07, 6.45) is 3.38. The molecule has 0 bridgehead atoms. The Kier molecular flexibility index (Phi) is 4.15. The summed E-state index contributed by atoms with van der Waals surface area (Å²) in [4.78, 5) is 15.1. The number of ether oxygens (including phenoxy) is 2. The van der Waals surface area contributed by atoms with Crippen molar-refractivity contribution in [1.29, 1.82) is 0 Å². The van der Waals surface area contributed by atoms with Crippen LogP contribution in [-0.2, 0) is 11.3 Å². The quantitative estimate of drug-likeness (QED) is 0.811. The maximum atomic E-state index is 12.2. The molecule has 1 aliphatic heterocycles. The molecule has 5 heteroatoms. The second kappa shape index (κ2) is 6.23. The van der Waals surface area contributed by atoms with Crippen LogP contribution in [0.5, 0.6) is 11.5 Å². The van der Waals surface area contributed by atoms with Gasteiger partial charge in [-0.05, 0) is 47.7 Å². The zero-order valence-electron chi connectivity index (χ0n) is 12.5. The minimum atomic E-state index is -0.0227. The topological polar surface area (TPSA) is 38.8 Å². The number of rotatable bonds is 4. The number of hydrogen-bond acceptors (Lipinski definition) is 4. The molecule has 0 radical (unpaired) electrons. The van der Waals surface area contributed by atoms with E-state index in [-0.39, 0.29) is 12.7 Å². The Bertz CT molecular complexity index is 720. The second-order valence-corrected chi connectivity index (χ2v) is 6.17. The van der Waals surface area contributed by atoms with Crippen molar-refractivity contribution in [2.75, 3.05) is 13.8 Å². The van der Waals surface area contributed by atoms with Crippen LogP contribution in [0.2, 0.25) is 0 Å². The maximum Gasteiger partial charge on any atom is 0.246 e. The van der Waals surface area contributed by atoms with Crippen LogP contribution >= 0.6 is 11.3 Å². The molecule has 0 saturated carbocycles. The first-order chi connectivity index (χ1) is 10.6. The predicted octanol–water partition coefficient (Wildman–Crippen LogP) is 3.46. The SMILES string of the molecule is Cc1ccsc1CN(C)C(=O)/C=C/c1ccc2c(c1)OCO2. The summed E-state index contributed by atoms with van der Waals surface area (Å²) in [6.45, 7) is 2.95. The van der Waals surface area contributed by atoms with Gasteiger partial charge < -0.3 is 14.4 Å². The van der Waals surface area contributed by atoms with Gasteiger partial charge in [0.2, 0.25) is 12.7 Å². The van der Waals surface area contributed by atoms with Gasteiger partial charge >= 0.3 is 0 Å². The van der Waals surface area contributed by atoms with E-state index in [2.05, 4.69) is 13.0 Å². The van der Waals surface area contributed by atoms with Gasteiger partial charge in [0.25, 0.3) is 0 Å². The summed E-state index contributed by atoms with van der Waals surface area (Å²) in [5.74, 6) is 1.44. The molecule has 2 aromatic rings. The number of carbonyl (C=O) groups excluding carboxylic acids is 1. The smallest absolute Gasteiger partial charge is 0.246 e. The van der Waals surface area contributed by atoms with Gasteiger partial charge in [-0.25, -0.2) is 0 Å². The van der Waals surface area contributed by atoms with E-state index in [0.717, 1.165) is 17.1 Å². The van der Waals surface area contributed by atoms with Crippen LogP contribution in [0.3, 0.4) is 0 Å². The fourth-order valence-electron chi connectivity index (χ4n) is 2.17. The summed E-state index contributed by atoms with van der Waals surface area (Å²) in [5, 5.41) is 2.05. The largest absolute Gasteiger partial charge is 0.454 e. The van der Waals surface area contributed by atoms with Crippen molar-refractivity contribution in [3.63, 3.8) is 0 Å². The molecule has 0 spiro atoms. The van der Waals surface area contributed by atoms with Gasteiger partial charge in [0.05, 0.1) is 6.54 Å². The molecule has 3 rings (SSSR count). The molecule has 1 aromatic carbocycles. The predicted molar refractivity (Wildman–Crippen MR) is 87.1 cm³/mol. The van der Waals surface area contributed by atoms with Crippen LogP contribution in [0.15, 0.2) is 35.7 Å². The molecule has 2 heterocycles. The monoisotopic (exact) mass is 315 g/mol. The zero-order chi connectivity index (χ0) is 15.5. The van der Waals surface area contributed by atoms with Gasteiger partial charge in [0.15, 0.2) is 11.5 Å². The van der Waals surface area contributed by atoms with Crippen molar-refractivity contribution in [2.24, 2.45) is 0 Å².